The number of Topliss-reactive ketones (excluding diaryl/α,β-unsaturated/α-hetero) is 2. The second-order valence-corrected chi connectivity index (χ2v) is 7.43. The smallest absolute Gasteiger partial charge is 0.194 e. The highest BCUT2D eigenvalue weighted by molar-refractivity contribution is 6.13. The third-order valence-electron chi connectivity index (χ3n) is 5.87. The fourth-order valence-electron chi connectivity index (χ4n) is 4.74. The molecule has 5 atom stereocenters. The van der Waals surface area contributed by atoms with Crippen LogP contribution in [0.5, 0.6) is 0 Å². The number of fused-ring (bicyclic) bond motifs is 3. The topological polar surface area (TPSA) is 54.4 Å². The summed E-state index contributed by atoms with van der Waals surface area (Å²) in [7, 11) is 0. The molecule has 3 aliphatic carbocycles. The van der Waals surface area contributed by atoms with E-state index in [4.69, 9.17) is 0 Å². The van der Waals surface area contributed by atoms with Crippen LogP contribution in [0.3, 0.4) is 0 Å². The Morgan fingerprint density at radius 1 is 1.30 bits per heavy atom. The van der Waals surface area contributed by atoms with Gasteiger partial charge in [-0.25, -0.2) is 0 Å². The Hall–Kier alpha value is -1.74. The lowest BCUT2D eigenvalue weighted by molar-refractivity contribution is -0.140. The van der Waals surface area contributed by atoms with E-state index in [0.29, 0.717) is 11.1 Å². The van der Waals surface area contributed by atoms with Crippen molar-refractivity contribution in [3.63, 3.8) is 0 Å². The lowest BCUT2D eigenvalue weighted by Gasteiger charge is -2.42. The van der Waals surface area contributed by atoms with Gasteiger partial charge in [-0.15, -0.1) is 0 Å². The molecule has 1 saturated carbocycles. The van der Waals surface area contributed by atoms with Gasteiger partial charge in [-0.3, -0.25) is 9.59 Å². The Morgan fingerprint density at radius 2 is 1.96 bits per heavy atom. The Bertz CT molecular complexity index is 694. The Kier molecular flexibility index (Phi) is 3.60. The molecule has 23 heavy (non-hydrogen) atoms. The summed E-state index contributed by atoms with van der Waals surface area (Å²) in [5, 5.41) is 11.1. The van der Waals surface area contributed by atoms with Gasteiger partial charge in [0.25, 0.3) is 0 Å². The number of allylic oxidation sites excluding steroid dienone is 4. The summed E-state index contributed by atoms with van der Waals surface area (Å²) in [4.78, 5) is 25.6. The number of carbonyl (C=O) groups is 2. The largest absolute Gasteiger partial charge is 0.377 e. The molecule has 0 amide bonds. The minimum atomic E-state index is -1.72. The quantitative estimate of drug-likeness (QED) is 0.757. The van der Waals surface area contributed by atoms with Crippen molar-refractivity contribution < 1.29 is 14.7 Å². The SMILES string of the molecule is C=C1CC[C@@H](C(=C)C)[C@@H]2C=C(C)C(=O)[C@]3(O)C=C(C)C(=O)[C@@H]3[C@@H]12. The molecule has 1 N–H and O–H groups in total. The van der Waals surface area contributed by atoms with Crippen LogP contribution >= 0.6 is 0 Å². The van der Waals surface area contributed by atoms with Gasteiger partial charge in [0.2, 0.25) is 0 Å². The maximum absolute atomic E-state index is 12.8. The van der Waals surface area contributed by atoms with Gasteiger partial charge in [-0.1, -0.05) is 30.4 Å². The van der Waals surface area contributed by atoms with E-state index in [2.05, 4.69) is 13.2 Å². The van der Waals surface area contributed by atoms with E-state index in [0.717, 1.165) is 24.0 Å². The zero-order chi connectivity index (χ0) is 17.1. The number of ketones is 2. The molecule has 122 valence electrons. The molecular weight excluding hydrogens is 288 g/mol. The van der Waals surface area contributed by atoms with Crippen LogP contribution in [0.4, 0.5) is 0 Å². The van der Waals surface area contributed by atoms with E-state index < -0.39 is 11.5 Å². The van der Waals surface area contributed by atoms with Crippen molar-refractivity contribution in [2.24, 2.45) is 23.7 Å². The molecular formula is C20H24O3. The number of hydrogen-bond acceptors (Lipinski definition) is 3. The van der Waals surface area contributed by atoms with Crippen molar-refractivity contribution in [3.8, 4) is 0 Å². The van der Waals surface area contributed by atoms with Crippen LogP contribution in [0.25, 0.3) is 0 Å². The third-order valence-corrected chi connectivity index (χ3v) is 5.87. The number of carbonyl (C=O) groups excluding carboxylic acids is 2. The van der Waals surface area contributed by atoms with E-state index in [1.165, 1.54) is 6.08 Å². The van der Waals surface area contributed by atoms with Gasteiger partial charge in [0.15, 0.2) is 17.2 Å². The highest BCUT2D eigenvalue weighted by Gasteiger charge is 2.58. The molecule has 3 rings (SSSR count). The van der Waals surface area contributed by atoms with E-state index >= 15 is 0 Å². The molecule has 3 aliphatic rings. The van der Waals surface area contributed by atoms with Gasteiger partial charge in [0, 0.05) is 0 Å². The van der Waals surface area contributed by atoms with Crippen molar-refractivity contribution in [2.75, 3.05) is 0 Å². The summed E-state index contributed by atoms with van der Waals surface area (Å²) in [6.07, 6.45) is 5.14. The van der Waals surface area contributed by atoms with Gasteiger partial charge in [0.05, 0.1) is 5.92 Å². The van der Waals surface area contributed by atoms with E-state index in [1.807, 2.05) is 13.0 Å². The maximum Gasteiger partial charge on any atom is 0.194 e. The molecule has 1 fully saturated rings. The van der Waals surface area contributed by atoms with Crippen LogP contribution in [0.1, 0.15) is 33.6 Å². The summed E-state index contributed by atoms with van der Waals surface area (Å²) in [6.45, 7) is 13.7. The van der Waals surface area contributed by atoms with Crippen LogP contribution in [0.2, 0.25) is 0 Å². The van der Waals surface area contributed by atoms with Gasteiger partial charge < -0.3 is 5.11 Å². The monoisotopic (exact) mass is 312 g/mol. The third kappa shape index (κ3) is 2.13. The molecule has 3 heteroatoms. The predicted molar refractivity (Wildman–Crippen MR) is 89.6 cm³/mol. The zero-order valence-corrected chi connectivity index (χ0v) is 14.1. The molecule has 0 saturated heterocycles. The number of hydrogen-bond donors (Lipinski definition) is 1. The average molecular weight is 312 g/mol. The van der Waals surface area contributed by atoms with E-state index in [-0.39, 0.29) is 29.3 Å². The first-order valence-electron chi connectivity index (χ1n) is 8.20. The first kappa shape index (κ1) is 16.1. The van der Waals surface area contributed by atoms with Crippen LogP contribution in [0, 0.1) is 23.7 Å². The summed E-state index contributed by atoms with van der Waals surface area (Å²) in [6, 6.07) is 0. The van der Waals surface area contributed by atoms with Crippen molar-refractivity contribution in [1.82, 2.24) is 0 Å². The molecule has 0 spiro atoms. The summed E-state index contributed by atoms with van der Waals surface area (Å²) in [5.41, 5.74) is 1.31. The molecule has 0 bridgehead atoms. The van der Waals surface area contributed by atoms with Gasteiger partial charge >= 0.3 is 0 Å². The number of aliphatic hydroxyl groups is 1. The summed E-state index contributed by atoms with van der Waals surface area (Å²) >= 11 is 0. The summed E-state index contributed by atoms with van der Waals surface area (Å²) in [5.74, 6) is -1.22. The molecule has 0 heterocycles. The standard InChI is InChI=1S/C20H24O3/c1-10(2)14-7-6-11(3)16-15(14)8-12(4)19(22)20(23)9-13(5)18(21)17(16)20/h8-9,14-17,23H,1,3,6-7H2,2,4-5H3/t14-,15-,16-,17-,20-/m0/s1. The van der Waals surface area contributed by atoms with Crippen LogP contribution in [0.15, 0.2) is 47.6 Å². The van der Waals surface area contributed by atoms with Crippen LogP contribution in [-0.2, 0) is 9.59 Å². The first-order chi connectivity index (χ1) is 10.7. The molecule has 0 radical (unpaired) electrons. The van der Waals surface area contributed by atoms with Crippen LogP contribution in [-0.4, -0.2) is 22.3 Å². The second kappa shape index (κ2) is 5.13. The van der Waals surface area contributed by atoms with Crippen molar-refractivity contribution in [3.05, 3.63) is 47.6 Å². The van der Waals surface area contributed by atoms with Crippen LogP contribution < -0.4 is 0 Å². The molecule has 0 aliphatic heterocycles. The van der Waals surface area contributed by atoms with E-state index in [9.17, 15) is 14.7 Å². The zero-order valence-electron chi connectivity index (χ0n) is 14.1. The fourth-order valence-corrected chi connectivity index (χ4v) is 4.74. The minimum Gasteiger partial charge on any atom is -0.377 e. The predicted octanol–water partition coefficient (Wildman–Crippen LogP) is 3.17. The molecule has 0 aromatic carbocycles. The highest BCUT2D eigenvalue weighted by Crippen LogP contribution is 2.53. The van der Waals surface area contributed by atoms with E-state index in [1.54, 1.807) is 13.8 Å². The Labute approximate surface area is 137 Å². The Balaban J connectivity index is 2.21. The number of rotatable bonds is 1. The van der Waals surface area contributed by atoms with Gasteiger partial charge in [-0.05, 0) is 68.6 Å². The van der Waals surface area contributed by atoms with Gasteiger partial charge in [0.1, 0.15) is 0 Å². The molecule has 0 aromatic rings. The molecule has 3 nitrogen and oxygen atoms in total. The lowest BCUT2D eigenvalue weighted by atomic mass is 9.61. The minimum absolute atomic E-state index is 0.0000231. The maximum atomic E-state index is 12.8. The molecule has 0 aromatic heterocycles. The lowest BCUT2D eigenvalue weighted by Crippen LogP contribution is -2.49. The van der Waals surface area contributed by atoms with Crippen molar-refractivity contribution >= 4 is 11.6 Å². The summed E-state index contributed by atoms with van der Waals surface area (Å²) < 4.78 is 0. The molecule has 0 unspecified atom stereocenters. The highest BCUT2D eigenvalue weighted by atomic mass is 16.3. The Morgan fingerprint density at radius 3 is 2.57 bits per heavy atom. The average Bonchev–Trinajstić information content (AvgIpc) is 2.65. The van der Waals surface area contributed by atoms with Crippen molar-refractivity contribution in [2.45, 2.75) is 39.2 Å². The van der Waals surface area contributed by atoms with Gasteiger partial charge in [-0.2, -0.15) is 0 Å². The second-order valence-electron chi connectivity index (χ2n) is 7.43. The first-order valence-corrected chi connectivity index (χ1v) is 8.20. The fraction of sp³-hybridized carbons (Fsp3) is 0.500. The normalized spacial score (nSPS) is 40.1. The van der Waals surface area contributed by atoms with Crippen molar-refractivity contribution in [1.29, 1.82) is 0 Å².